The number of aryl methyl sites for hydroxylation is 2. The van der Waals surface area contributed by atoms with E-state index in [1.165, 1.54) is 36.4 Å². The second-order valence-corrected chi connectivity index (χ2v) is 11.0. The number of sulfonamides is 2. The predicted octanol–water partition coefficient (Wildman–Crippen LogP) is 2.44. The molecular formula is C21H22FN5O5S2. The Bertz CT molecular complexity index is 1390. The zero-order valence-electron chi connectivity index (χ0n) is 18.5. The van der Waals surface area contributed by atoms with Crippen LogP contribution >= 0.6 is 0 Å². The Morgan fingerprint density at radius 3 is 2.03 bits per heavy atom. The number of aromatic nitrogens is 2. The van der Waals surface area contributed by atoms with E-state index in [1.54, 1.807) is 19.9 Å². The Morgan fingerprint density at radius 1 is 0.941 bits per heavy atom. The van der Waals surface area contributed by atoms with Crippen LogP contribution in [0.3, 0.4) is 0 Å². The summed E-state index contributed by atoms with van der Waals surface area (Å²) in [6, 6.07) is 11.6. The molecule has 0 atom stereocenters. The van der Waals surface area contributed by atoms with Crippen LogP contribution in [0, 0.1) is 19.7 Å². The van der Waals surface area contributed by atoms with Crippen LogP contribution in [0.1, 0.15) is 11.4 Å². The molecule has 0 saturated heterocycles. The number of amides is 1. The van der Waals surface area contributed by atoms with E-state index in [-0.39, 0.29) is 22.2 Å². The van der Waals surface area contributed by atoms with Crippen molar-refractivity contribution in [3.05, 3.63) is 71.8 Å². The first-order chi connectivity index (χ1) is 15.8. The van der Waals surface area contributed by atoms with Crippen molar-refractivity contribution in [2.75, 3.05) is 27.1 Å². The molecule has 0 unspecified atom stereocenters. The van der Waals surface area contributed by atoms with E-state index in [1.807, 2.05) is 0 Å². The number of nitrogens with zero attached hydrogens (tertiary/aromatic N) is 3. The number of carbonyl (C=O) groups excluding carboxylic acids is 1. The summed E-state index contributed by atoms with van der Waals surface area (Å²) in [4.78, 5) is 20.5. The van der Waals surface area contributed by atoms with Crippen LogP contribution in [-0.2, 0) is 24.8 Å². The maximum absolute atomic E-state index is 13.2. The van der Waals surface area contributed by atoms with Crippen LogP contribution in [0.2, 0.25) is 0 Å². The van der Waals surface area contributed by atoms with Crippen LogP contribution in [0.5, 0.6) is 0 Å². The lowest BCUT2D eigenvalue weighted by molar-refractivity contribution is -0.114. The summed E-state index contributed by atoms with van der Waals surface area (Å²) in [5.41, 5.74) is 1.58. The van der Waals surface area contributed by atoms with Crippen LogP contribution < -0.4 is 14.3 Å². The molecule has 1 heterocycles. The number of benzene rings is 2. The van der Waals surface area contributed by atoms with Crippen molar-refractivity contribution >= 4 is 43.3 Å². The Balaban J connectivity index is 1.71. The molecule has 0 radical (unpaired) electrons. The molecule has 13 heteroatoms. The van der Waals surface area contributed by atoms with Crippen molar-refractivity contribution in [1.82, 2.24) is 9.97 Å². The van der Waals surface area contributed by atoms with Gasteiger partial charge < -0.3 is 5.32 Å². The molecule has 180 valence electrons. The average Bonchev–Trinajstić information content (AvgIpc) is 2.71. The summed E-state index contributed by atoms with van der Waals surface area (Å²) >= 11 is 0. The predicted molar refractivity (Wildman–Crippen MR) is 126 cm³/mol. The molecule has 10 nitrogen and oxygen atoms in total. The van der Waals surface area contributed by atoms with E-state index in [2.05, 4.69) is 20.0 Å². The third-order valence-electron chi connectivity index (χ3n) is 4.46. The molecule has 0 aliphatic carbocycles. The molecule has 2 N–H and O–H groups in total. The maximum atomic E-state index is 13.2. The molecule has 0 spiro atoms. The van der Waals surface area contributed by atoms with E-state index in [0.717, 1.165) is 22.7 Å². The molecular weight excluding hydrogens is 485 g/mol. The average molecular weight is 508 g/mol. The van der Waals surface area contributed by atoms with Gasteiger partial charge in [0, 0.05) is 17.1 Å². The minimum atomic E-state index is -3.98. The minimum absolute atomic E-state index is 0.0588. The molecule has 0 fully saturated rings. The Labute approximate surface area is 197 Å². The lowest BCUT2D eigenvalue weighted by atomic mass is 10.3. The lowest BCUT2D eigenvalue weighted by Crippen LogP contribution is -2.37. The third-order valence-corrected chi connectivity index (χ3v) is 6.94. The fourth-order valence-corrected chi connectivity index (χ4v) is 4.81. The summed E-state index contributed by atoms with van der Waals surface area (Å²) in [6.07, 6.45) is 0.926. The van der Waals surface area contributed by atoms with Crippen molar-refractivity contribution in [3.63, 3.8) is 0 Å². The number of nitrogens with one attached hydrogen (secondary N) is 2. The maximum Gasteiger partial charge on any atom is 0.264 e. The van der Waals surface area contributed by atoms with Gasteiger partial charge in [-0.1, -0.05) is 0 Å². The van der Waals surface area contributed by atoms with Crippen molar-refractivity contribution < 1.29 is 26.0 Å². The van der Waals surface area contributed by atoms with Gasteiger partial charge in [0.15, 0.2) is 0 Å². The number of anilines is 3. The summed E-state index contributed by atoms with van der Waals surface area (Å²) in [5, 5.41) is 2.51. The van der Waals surface area contributed by atoms with Gasteiger partial charge in [-0.3, -0.25) is 9.10 Å². The number of rotatable bonds is 8. The largest absolute Gasteiger partial charge is 0.325 e. The number of hydrogen-bond acceptors (Lipinski definition) is 7. The highest BCUT2D eigenvalue weighted by Crippen LogP contribution is 2.20. The first-order valence-corrected chi connectivity index (χ1v) is 13.1. The monoisotopic (exact) mass is 507 g/mol. The second-order valence-electron chi connectivity index (χ2n) is 7.40. The zero-order chi connectivity index (χ0) is 25.1. The highest BCUT2D eigenvalue weighted by molar-refractivity contribution is 7.92. The van der Waals surface area contributed by atoms with Crippen LogP contribution in [-0.4, -0.2) is 45.5 Å². The van der Waals surface area contributed by atoms with Gasteiger partial charge in [-0.15, -0.1) is 0 Å². The van der Waals surface area contributed by atoms with Crippen molar-refractivity contribution in [2.24, 2.45) is 0 Å². The quantitative estimate of drug-likeness (QED) is 0.477. The van der Waals surface area contributed by atoms with Gasteiger partial charge >= 0.3 is 0 Å². The normalized spacial score (nSPS) is 11.6. The number of hydrogen-bond donors (Lipinski definition) is 2. The SMILES string of the molecule is Cc1cc(C)nc(NS(=O)(=O)c2ccc(NC(=O)CN(c3ccc(F)cc3)S(C)(=O)=O)cc2)n1. The van der Waals surface area contributed by atoms with E-state index < -0.39 is 38.3 Å². The van der Waals surface area contributed by atoms with Gasteiger partial charge in [-0.25, -0.2) is 35.9 Å². The van der Waals surface area contributed by atoms with Gasteiger partial charge in [0.2, 0.25) is 21.9 Å². The number of halogens is 1. The zero-order valence-corrected chi connectivity index (χ0v) is 20.1. The molecule has 34 heavy (non-hydrogen) atoms. The highest BCUT2D eigenvalue weighted by Gasteiger charge is 2.21. The smallest absolute Gasteiger partial charge is 0.264 e. The van der Waals surface area contributed by atoms with Crippen molar-refractivity contribution in [2.45, 2.75) is 18.7 Å². The number of carbonyl (C=O) groups is 1. The van der Waals surface area contributed by atoms with Gasteiger partial charge in [0.05, 0.1) is 16.8 Å². The first kappa shape index (κ1) is 25.1. The molecule has 3 rings (SSSR count). The highest BCUT2D eigenvalue weighted by atomic mass is 32.2. The summed E-state index contributed by atoms with van der Waals surface area (Å²) < 4.78 is 65.8. The van der Waals surface area contributed by atoms with Crippen molar-refractivity contribution in [1.29, 1.82) is 0 Å². The summed E-state index contributed by atoms with van der Waals surface area (Å²) in [7, 11) is -7.81. The fourth-order valence-electron chi connectivity index (χ4n) is 3.01. The standard InChI is InChI=1S/C21H22FN5O5S2/c1-14-12-15(2)24-21(23-14)26-34(31,32)19-10-6-17(7-11-19)25-20(28)13-27(33(3,29)30)18-8-4-16(22)5-9-18/h4-12H,13H2,1-3H3,(H,25,28)(H,23,24,26). The third kappa shape index (κ3) is 6.48. The van der Waals surface area contributed by atoms with E-state index >= 15 is 0 Å². The van der Waals surface area contributed by atoms with Gasteiger partial charge in [0.25, 0.3) is 10.0 Å². The van der Waals surface area contributed by atoms with Gasteiger partial charge in [-0.05, 0) is 68.4 Å². The molecule has 0 saturated carbocycles. The molecule has 0 bridgehead atoms. The van der Waals surface area contributed by atoms with Crippen LogP contribution in [0.25, 0.3) is 0 Å². The topological polar surface area (TPSA) is 138 Å². The first-order valence-electron chi connectivity index (χ1n) is 9.82. The van der Waals surface area contributed by atoms with Crippen LogP contribution in [0.4, 0.5) is 21.7 Å². The van der Waals surface area contributed by atoms with E-state index in [4.69, 9.17) is 0 Å². The molecule has 1 amide bonds. The molecule has 1 aromatic heterocycles. The van der Waals surface area contributed by atoms with Crippen LogP contribution in [0.15, 0.2) is 59.5 Å². The van der Waals surface area contributed by atoms with Crippen molar-refractivity contribution in [3.8, 4) is 0 Å². The van der Waals surface area contributed by atoms with Gasteiger partial charge in [-0.2, -0.15) is 0 Å². The van der Waals surface area contributed by atoms with Gasteiger partial charge in [0.1, 0.15) is 12.4 Å². The molecule has 2 aromatic carbocycles. The minimum Gasteiger partial charge on any atom is -0.325 e. The second kappa shape index (κ2) is 9.73. The Morgan fingerprint density at radius 2 is 1.50 bits per heavy atom. The lowest BCUT2D eigenvalue weighted by Gasteiger charge is -2.21. The summed E-state index contributed by atoms with van der Waals surface area (Å²) in [5.74, 6) is -1.28. The fraction of sp³-hybridized carbons (Fsp3) is 0.190. The molecule has 0 aliphatic rings. The molecule has 3 aromatic rings. The summed E-state index contributed by atoms with van der Waals surface area (Å²) in [6.45, 7) is 2.87. The van der Waals surface area contributed by atoms with E-state index in [0.29, 0.717) is 11.4 Å². The van der Waals surface area contributed by atoms with E-state index in [9.17, 15) is 26.0 Å². The Kier molecular flexibility index (Phi) is 7.17. The Hall–Kier alpha value is -3.58. The molecule has 0 aliphatic heterocycles.